The minimum absolute atomic E-state index is 0.160. The molecule has 0 radical (unpaired) electrons. The van der Waals surface area contributed by atoms with Crippen LogP contribution in [0.1, 0.15) is 12.0 Å². The lowest BCUT2D eigenvalue weighted by Gasteiger charge is -2.05. The first-order chi connectivity index (χ1) is 9.15. The Kier molecular flexibility index (Phi) is 4.63. The molecule has 3 nitrogen and oxygen atoms in total. The molecule has 98 valence electrons. The van der Waals surface area contributed by atoms with Gasteiger partial charge in [-0.15, -0.1) is 0 Å². The normalized spacial score (nSPS) is 10.2. The van der Waals surface area contributed by atoms with E-state index in [1.165, 1.54) is 6.07 Å². The summed E-state index contributed by atoms with van der Waals surface area (Å²) in [5, 5.41) is 2.71. The lowest BCUT2D eigenvalue weighted by molar-refractivity contribution is -0.116. The van der Waals surface area contributed by atoms with Crippen LogP contribution in [0, 0.1) is 5.82 Å². The first kappa shape index (κ1) is 13.7. The number of nitrogens with one attached hydrogen (secondary N) is 1. The molecule has 0 saturated heterocycles. The van der Waals surface area contributed by atoms with E-state index < -0.39 is 0 Å². The van der Waals surface area contributed by atoms with Crippen molar-refractivity contribution in [3.8, 4) is 0 Å². The number of amides is 1. The highest BCUT2D eigenvalue weighted by Gasteiger charge is 2.06. The number of hydrogen-bond donors (Lipinski definition) is 1. The van der Waals surface area contributed by atoms with E-state index in [1.54, 1.807) is 36.5 Å². The Labute approximate surface area is 119 Å². The number of aromatic nitrogens is 1. The van der Waals surface area contributed by atoms with E-state index >= 15 is 0 Å². The average molecular weight is 323 g/mol. The van der Waals surface area contributed by atoms with Crippen LogP contribution in [0.4, 0.5) is 10.1 Å². The number of pyridine rings is 1. The number of rotatable bonds is 4. The second kappa shape index (κ2) is 6.43. The SMILES string of the molecule is O=C(CCc1ccccc1F)Nc1ccc(Br)nc1. The van der Waals surface area contributed by atoms with Gasteiger partial charge in [-0.25, -0.2) is 9.37 Å². The van der Waals surface area contributed by atoms with Crippen molar-refractivity contribution in [3.05, 3.63) is 58.6 Å². The third kappa shape index (κ3) is 4.13. The van der Waals surface area contributed by atoms with Crippen molar-refractivity contribution in [3.63, 3.8) is 0 Å². The van der Waals surface area contributed by atoms with Crippen LogP contribution < -0.4 is 5.32 Å². The van der Waals surface area contributed by atoms with E-state index in [0.29, 0.717) is 22.3 Å². The number of halogens is 2. The molecular formula is C14H12BrFN2O. The highest BCUT2D eigenvalue weighted by Crippen LogP contribution is 2.12. The van der Waals surface area contributed by atoms with Crippen molar-refractivity contribution in [1.29, 1.82) is 0 Å². The number of nitrogens with zero attached hydrogens (tertiary/aromatic N) is 1. The van der Waals surface area contributed by atoms with Gasteiger partial charge in [-0.1, -0.05) is 18.2 Å². The molecule has 2 rings (SSSR count). The number of benzene rings is 1. The van der Waals surface area contributed by atoms with Crippen LogP contribution >= 0.6 is 15.9 Å². The van der Waals surface area contributed by atoms with Gasteiger partial charge in [0.15, 0.2) is 0 Å². The smallest absolute Gasteiger partial charge is 0.224 e. The number of aryl methyl sites for hydroxylation is 1. The number of carbonyl (C=O) groups excluding carboxylic acids is 1. The minimum atomic E-state index is -0.277. The lowest BCUT2D eigenvalue weighted by atomic mass is 10.1. The molecule has 0 unspecified atom stereocenters. The Bertz CT molecular complexity index is 572. The van der Waals surface area contributed by atoms with Crippen LogP contribution in [-0.4, -0.2) is 10.9 Å². The third-order valence-electron chi connectivity index (χ3n) is 2.59. The first-order valence-electron chi connectivity index (χ1n) is 5.80. The maximum Gasteiger partial charge on any atom is 0.224 e. The standard InChI is InChI=1S/C14H12BrFN2O/c15-13-7-6-11(9-17-13)18-14(19)8-5-10-3-1-2-4-12(10)16/h1-4,6-7,9H,5,8H2,(H,18,19). The molecule has 0 bridgehead atoms. The summed E-state index contributed by atoms with van der Waals surface area (Å²) in [5.74, 6) is -0.437. The van der Waals surface area contributed by atoms with E-state index in [4.69, 9.17) is 0 Å². The summed E-state index contributed by atoms with van der Waals surface area (Å²) in [6.07, 6.45) is 2.17. The van der Waals surface area contributed by atoms with Crippen molar-refractivity contribution >= 4 is 27.5 Å². The lowest BCUT2D eigenvalue weighted by Crippen LogP contribution is -2.12. The first-order valence-corrected chi connectivity index (χ1v) is 6.59. The Morgan fingerprint density at radius 2 is 2.05 bits per heavy atom. The summed E-state index contributed by atoms with van der Waals surface area (Å²) in [5.41, 5.74) is 1.17. The Morgan fingerprint density at radius 3 is 2.74 bits per heavy atom. The fraction of sp³-hybridized carbons (Fsp3) is 0.143. The van der Waals surface area contributed by atoms with Crippen molar-refractivity contribution in [2.24, 2.45) is 0 Å². The average Bonchev–Trinajstić information content (AvgIpc) is 2.40. The quantitative estimate of drug-likeness (QED) is 0.874. The van der Waals surface area contributed by atoms with E-state index in [9.17, 15) is 9.18 Å². The molecular weight excluding hydrogens is 311 g/mol. The molecule has 19 heavy (non-hydrogen) atoms. The zero-order valence-corrected chi connectivity index (χ0v) is 11.7. The van der Waals surface area contributed by atoms with Gasteiger partial charge in [0, 0.05) is 6.42 Å². The Morgan fingerprint density at radius 1 is 1.26 bits per heavy atom. The number of anilines is 1. The zero-order valence-electron chi connectivity index (χ0n) is 10.1. The van der Waals surface area contributed by atoms with Gasteiger partial charge in [-0.3, -0.25) is 4.79 Å². The van der Waals surface area contributed by atoms with Crippen molar-refractivity contribution < 1.29 is 9.18 Å². The van der Waals surface area contributed by atoms with Crippen molar-refractivity contribution in [1.82, 2.24) is 4.98 Å². The summed E-state index contributed by atoms with van der Waals surface area (Å²) in [6.45, 7) is 0. The van der Waals surface area contributed by atoms with Gasteiger partial charge in [0.05, 0.1) is 11.9 Å². The molecule has 1 N–H and O–H groups in total. The molecule has 1 aromatic carbocycles. The third-order valence-corrected chi connectivity index (χ3v) is 3.06. The highest BCUT2D eigenvalue weighted by atomic mass is 79.9. The van der Waals surface area contributed by atoms with E-state index in [2.05, 4.69) is 26.2 Å². The van der Waals surface area contributed by atoms with Gasteiger partial charge in [-0.05, 0) is 46.1 Å². The van der Waals surface area contributed by atoms with Gasteiger partial charge in [0.1, 0.15) is 10.4 Å². The molecule has 1 heterocycles. The van der Waals surface area contributed by atoms with Crippen LogP contribution in [0.2, 0.25) is 0 Å². The second-order valence-corrected chi connectivity index (χ2v) is 4.82. The molecule has 1 aromatic heterocycles. The van der Waals surface area contributed by atoms with E-state index in [1.807, 2.05) is 0 Å². The summed E-state index contributed by atoms with van der Waals surface area (Å²) in [7, 11) is 0. The zero-order chi connectivity index (χ0) is 13.7. The van der Waals surface area contributed by atoms with Crippen LogP contribution in [0.15, 0.2) is 47.2 Å². The summed E-state index contributed by atoms with van der Waals surface area (Å²) < 4.78 is 14.1. The van der Waals surface area contributed by atoms with Gasteiger partial charge < -0.3 is 5.32 Å². The van der Waals surface area contributed by atoms with Gasteiger partial charge in [-0.2, -0.15) is 0 Å². The largest absolute Gasteiger partial charge is 0.325 e. The molecule has 0 aliphatic heterocycles. The fourth-order valence-corrected chi connectivity index (χ4v) is 1.86. The summed E-state index contributed by atoms with van der Waals surface area (Å²) >= 11 is 3.22. The van der Waals surface area contributed by atoms with Crippen LogP contribution in [0.3, 0.4) is 0 Å². The Balaban J connectivity index is 1.88. The van der Waals surface area contributed by atoms with E-state index in [-0.39, 0.29) is 18.1 Å². The topological polar surface area (TPSA) is 42.0 Å². The fourth-order valence-electron chi connectivity index (χ4n) is 1.62. The molecule has 2 aromatic rings. The molecule has 0 spiro atoms. The predicted molar refractivity (Wildman–Crippen MR) is 75.3 cm³/mol. The second-order valence-electron chi connectivity index (χ2n) is 4.01. The minimum Gasteiger partial charge on any atom is -0.325 e. The predicted octanol–water partition coefficient (Wildman–Crippen LogP) is 3.55. The molecule has 0 aliphatic rings. The molecule has 0 atom stereocenters. The summed E-state index contributed by atoms with van der Waals surface area (Å²) in [4.78, 5) is 15.7. The number of hydrogen-bond acceptors (Lipinski definition) is 2. The van der Waals surface area contributed by atoms with E-state index in [0.717, 1.165) is 0 Å². The molecule has 1 amide bonds. The maximum atomic E-state index is 13.4. The monoisotopic (exact) mass is 322 g/mol. The highest BCUT2D eigenvalue weighted by molar-refractivity contribution is 9.10. The molecule has 0 aliphatic carbocycles. The summed E-state index contributed by atoms with van der Waals surface area (Å²) in [6, 6.07) is 9.96. The maximum absolute atomic E-state index is 13.4. The van der Waals surface area contributed by atoms with Gasteiger partial charge >= 0.3 is 0 Å². The van der Waals surface area contributed by atoms with Crippen LogP contribution in [-0.2, 0) is 11.2 Å². The van der Waals surface area contributed by atoms with Gasteiger partial charge in [0.2, 0.25) is 5.91 Å². The Hall–Kier alpha value is -1.75. The number of carbonyl (C=O) groups is 1. The molecule has 5 heteroatoms. The van der Waals surface area contributed by atoms with Crippen LogP contribution in [0.5, 0.6) is 0 Å². The molecule has 0 saturated carbocycles. The molecule has 0 fully saturated rings. The van der Waals surface area contributed by atoms with Crippen molar-refractivity contribution in [2.45, 2.75) is 12.8 Å². The van der Waals surface area contributed by atoms with Crippen molar-refractivity contribution in [2.75, 3.05) is 5.32 Å². The van der Waals surface area contributed by atoms with Gasteiger partial charge in [0.25, 0.3) is 0 Å². The van der Waals surface area contributed by atoms with Crippen LogP contribution in [0.25, 0.3) is 0 Å².